The number of carbonyl (C=O) groups excluding carboxylic acids is 1. The fraction of sp³-hybridized carbons (Fsp3) is 0.500. The van der Waals surface area contributed by atoms with Crippen LogP contribution in [0.25, 0.3) is 0 Å². The summed E-state index contributed by atoms with van der Waals surface area (Å²) in [5.41, 5.74) is 0. The van der Waals surface area contributed by atoms with E-state index in [1.54, 1.807) is 6.07 Å². The van der Waals surface area contributed by atoms with Gasteiger partial charge in [-0.2, -0.15) is 0 Å². The highest BCUT2D eigenvalue weighted by molar-refractivity contribution is 9.10. The molecular formula is C12H16BrNO4. The number of carboxylic acid groups (broad SMARTS) is 1. The van der Waals surface area contributed by atoms with E-state index in [4.69, 9.17) is 9.52 Å². The van der Waals surface area contributed by atoms with Gasteiger partial charge in [0.15, 0.2) is 10.4 Å². The van der Waals surface area contributed by atoms with Crippen molar-refractivity contribution in [1.82, 2.24) is 5.32 Å². The number of carboxylic acids is 1. The maximum absolute atomic E-state index is 11.7. The normalized spacial score (nSPS) is 12.4. The van der Waals surface area contributed by atoms with Crippen molar-refractivity contribution in [3.8, 4) is 0 Å². The van der Waals surface area contributed by atoms with Crippen molar-refractivity contribution in [1.29, 1.82) is 0 Å². The van der Waals surface area contributed by atoms with Gasteiger partial charge in [0.25, 0.3) is 5.91 Å². The molecule has 1 unspecified atom stereocenters. The molecule has 100 valence electrons. The minimum absolute atomic E-state index is 0.102. The van der Waals surface area contributed by atoms with E-state index < -0.39 is 17.8 Å². The lowest BCUT2D eigenvalue weighted by Gasteiger charge is -2.14. The molecule has 1 aromatic heterocycles. The number of amides is 1. The van der Waals surface area contributed by atoms with Gasteiger partial charge in [-0.25, -0.2) is 0 Å². The standard InChI is InChI=1S/C12H16BrNO4/c1-7(2)5-8(12(16)17)6-14-11(15)9-3-4-10(13)18-9/h3-4,7-8H,5-6H2,1-2H3,(H,14,15)(H,16,17). The van der Waals surface area contributed by atoms with E-state index in [1.165, 1.54) is 6.07 Å². The summed E-state index contributed by atoms with van der Waals surface area (Å²) < 4.78 is 5.54. The predicted octanol–water partition coefficient (Wildman–Crippen LogP) is 2.52. The van der Waals surface area contributed by atoms with Gasteiger partial charge in [0.05, 0.1) is 5.92 Å². The summed E-state index contributed by atoms with van der Waals surface area (Å²) in [6.07, 6.45) is 0.525. The maximum Gasteiger partial charge on any atom is 0.308 e. The first-order valence-electron chi connectivity index (χ1n) is 5.66. The molecule has 6 heteroatoms. The van der Waals surface area contributed by atoms with E-state index in [2.05, 4.69) is 21.2 Å². The van der Waals surface area contributed by atoms with Crippen LogP contribution in [0.5, 0.6) is 0 Å². The van der Waals surface area contributed by atoms with Crippen molar-refractivity contribution in [2.24, 2.45) is 11.8 Å². The van der Waals surface area contributed by atoms with Crippen LogP contribution in [0.2, 0.25) is 0 Å². The van der Waals surface area contributed by atoms with Crippen LogP contribution in [0.15, 0.2) is 21.2 Å². The number of nitrogens with one attached hydrogen (secondary N) is 1. The second kappa shape index (κ2) is 6.58. The van der Waals surface area contributed by atoms with Gasteiger partial charge in [0.1, 0.15) is 0 Å². The third kappa shape index (κ3) is 4.52. The molecule has 1 aromatic rings. The number of rotatable bonds is 6. The van der Waals surface area contributed by atoms with E-state index in [-0.39, 0.29) is 18.2 Å². The van der Waals surface area contributed by atoms with Crippen LogP contribution in [0.4, 0.5) is 0 Å². The van der Waals surface area contributed by atoms with E-state index in [0.29, 0.717) is 11.1 Å². The Hall–Kier alpha value is -1.30. The lowest BCUT2D eigenvalue weighted by atomic mass is 9.97. The number of furan rings is 1. The zero-order valence-electron chi connectivity index (χ0n) is 10.3. The number of aliphatic carboxylic acids is 1. The maximum atomic E-state index is 11.7. The van der Waals surface area contributed by atoms with E-state index in [0.717, 1.165) is 0 Å². The highest BCUT2D eigenvalue weighted by atomic mass is 79.9. The highest BCUT2D eigenvalue weighted by Gasteiger charge is 2.20. The monoisotopic (exact) mass is 317 g/mol. The topological polar surface area (TPSA) is 79.5 Å². The van der Waals surface area contributed by atoms with Gasteiger partial charge in [-0.15, -0.1) is 0 Å². The molecule has 0 aliphatic heterocycles. The van der Waals surface area contributed by atoms with Crippen LogP contribution in [0, 0.1) is 11.8 Å². The number of halogens is 1. The summed E-state index contributed by atoms with van der Waals surface area (Å²) in [4.78, 5) is 22.7. The average molecular weight is 318 g/mol. The Morgan fingerprint density at radius 1 is 1.44 bits per heavy atom. The molecule has 0 aliphatic rings. The minimum atomic E-state index is -0.898. The Bertz CT molecular complexity index is 427. The van der Waals surface area contributed by atoms with Crippen molar-refractivity contribution in [3.05, 3.63) is 22.6 Å². The Morgan fingerprint density at radius 3 is 2.56 bits per heavy atom. The van der Waals surface area contributed by atoms with E-state index in [9.17, 15) is 9.59 Å². The van der Waals surface area contributed by atoms with Crippen molar-refractivity contribution in [2.75, 3.05) is 6.54 Å². The van der Waals surface area contributed by atoms with Crippen molar-refractivity contribution in [2.45, 2.75) is 20.3 Å². The quantitative estimate of drug-likeness (QED) is 0.845. The fourth-order valence-corrected chi connectivity index (χ4v) is 1.89. The van der Waals surface area contributed by atoms with Gasteiger partial charge in [-0.1, -0.05) is 13.8 Å². The van der Waals surface area contributed by atoms with E-state index in [1.807, 2.05) is 13.8 Å². The van der Waals surface area contributed by atoms with Crippen LogP contribution in [-0.4, -0.2) is 23.5 Å². The van der Waals surface area contributed by atoms with Crippen molar-refractivity contribution >= 4 is 27.8 Å². The molecular weight excluding hydrogens is 302 g/mol. The summed E-state index contributed by atoms with van der Waals surface area (Å²) in [5.74, 6) is -1.45. The molecule has 1 rings (SSSR count). The molecule has 1 heterocycles. The second-order valence-electron chi connectivity index (χ2n) is 4.48. The Balaban J connectivity index is 2.52. The third-order valence-electron chi connectivity index (χ3n) is 2.41. The molecule has 2 N–H and O–H groups in total. The molecule has 0 fully saturated rings. The molecule has 0 bridgehead atoms. The largest absolute Gasteiger partial charge is 0.481 e. The summed E-state index contributed by atoms with van der Waals surface area (Å²) in [5, 5.41) is 11.6. The van der Waals surface area contributed by atoms with Crippen LogP contribution < -0.4 is 5.32 Å². The van der Waals surface area contributed by atoms with Crippen molar-refractivity contribution < 1.29 is 19.1 Å². The SMILES string of the molecule is CC(C)CC(CNC(=O)c1ccc(Br)o1)C(=O)O. The highest BCUT2D eigenvalue weighted by Crippen LogP contribution is 2.15. The first kappa shape index (κ1) is 14.8. The van der Waals surface area contributed by atoms with Gasteiger partial charge in [0.2, 0.25) is 0 Å². The summed E-state index contributed by atoms with van der Waals surface area (Å²) in [6.45, 7) is 3.99. The lowest BCUT2D eigenvalue weighted by Crippen LogP contribution is -2.33. The number of hydrogen-bond acceptors (Lipinski definition) is 3. The lowest BCUT2D eigenvalue weighted by molar-refractivity contribution is -0.142. The van der Waals surface area contributed by atoms with Crippen LogP contribution in [-0.2, 0) is 4.79 Å². The molecule has 1 atom stereocenters. The second-order valence-corrected chi connectivity index (χ2v) is 5.26. The first-order chi connectivity index (χ1) is 8.40. The number of hydrogen-bond donors (Lipinski definition) is 2. The first-order valence-corrected chi connectivity index (χ1v) is 6.45. The van der Waals surface area contributed by atoms with Gasteiger partial charge >= 0.3 is 5.97 Å². The van der Waals surface area contributed by atoms with Crippen LogP contribution in [0.3, 0.4) is 0 Å². The molecule has 18 heavy (non-hydrogen) atoms. The van der Waals surface area contributed by atoms with Crippen molar-refractivity contribution in [3.63, 3.8) is 0 Å². The molecule has 0 spiro atoms. The summed E-state index contributed by atoms with van der Waals surface area (Å²) >= 11 is 3.10. The Labute approximate surface area is 114 Å². The smallest absolute Gasteiger partial charge is 0.308 e. The predicted molar refractivity (Wildman–Crippen MR) is 69.3 cm³/mol. The Kier molecular flexibility index (Phi) is 5.40. The summed E-state index contributed by atoms with van der Waals surface area (Å²) in [7, 11) is 0. The minimum Gasteiger partial charge on any atom is -0.481 e. The molecule has 0 radical (unpaired) electrons. The van der Waals surface area contributed by atoms with E-state index >= 15 is 0 Å². The molecule has 0 aliphatic carbocycles. The fourth-order valence-electron chi connectivity index (χ4n) is 1.58. The van der Waals surface area contributed by atoms with Gasteiger partial charge in [-0.05, 0) is 40.4 Å². The average Bonchev–Trinajstić information content (AvgIpc) is 2.69. The number of carbonyl (C=O) groups is 2. The molecule has 0 saturated heterocycles. The zero-order valence-corrected chi connectivity index (χ0v) is 11.9. The molecule has 5 nitrogen and oxygen atoms in total. The third-order valence-corrected chi connectivity index (χ3v) is 2.84. The van der Waals surface area contributed by atoms with Gasteiger partial charge in [0, 0.05) is 6.54 Å². The molecule has 0 aromatic carbocycles. The Morgan fingerprint density at radius 2 is 2.11 bits per heavy atom. The van der Waals surface area contributed by atoms with Crippen LogP contribution in [0.1, 0.15) is 30.8 Å². The zero-order chi connectivity index (χ0) is 13.7. The van der Waals surface area contributed by atoms with Gasteiger partial charge in [-0.3, -0.25) is 9.59 Å². The van der Waals surface area contributed by atoms with Crippen LogP contribution >= 0.6 is 15.9 Å². The van der Waals surface area contributed by atoms with Gasteiger partial charge < -0.3 is 14.8 Å². The molecule has 0 saturated carbocycles. The molecule has 1 amide bonds. The summed E-state index contributed by atoms with van der Waals surface area (Å²) in [6, 6.07) is 3.13.